The largest absolute Gasteiger partial charge is 0.507 e. The van der Waals surface area contributed by atoms with E-state index in [1.54, 1.807) is 24.3 Å². The number of rotatable bonds is 7. The molecular weight excluding hydrogens is 550 g/mol. The average molecular weight is 586 g/mol. The van der Waals surface area contributed by atoms with Crippen LogP contribution in [0.5, 0.6) is 23.0 Å². The van der Waals surface area contributed by atoms with E-state index >= 15 is 0 Å². The van der Waals surface area contributed by atoms with Gasteiger partial charge in [-0.2, -0.15) is 0 Å². The number of allylic oxidation sites excluding steroid dienone is 2. The van der Waals surface area contributed by atoms with Crippen LogP contribution >= 0.6 is 0 Å². The molecule has 4 N–H and O–H groups in total. The molecule has 0 saturated carbocycles. The molecule has 1 aliphatic rings. The van der Waals surface area contributed by atoms with Gasteiger partial charge >= 0.3 is 6.09 Å². The third-order valence-corrected chi connectivity index (χ3v) is 6.84. The van der Waals surface area contributed by atoms with E-state index in [1.807, 2.05) is 19.9 Å². The summed E-state index contributed by atoms with van der Waals surface area (Å²) in [5.41, 5.74) is 0.765. The van der Waals surface area contributed by atoms with Gasteiger partial charge in [0.15, 0.2) is 5.76 Å². The van der Waals surface area contributed by atoms with Crippen LogP contribution < -0.4 is 19.6 Å². The lowest BCUT2D eigenvalue weighted by molar-refractivity contribution is -0.268. The second kappa shape index (κ2) is 12.4. The standard InChI is InChI=1S/C30H35NO11/c1-14(2)7-12-18-20(40-30(37)31(4)5)13-19(32)21-23(34)28(42-29-25(36)24(35)22(33)15(3)39-29)26(41-27(18)21)16-8-10-17(38-6)11-9-16/h7-11,13,15,22,24-25,29,32-33,35-36H,12H2,1-6H3/t15-,22-,24+,25+,29-/m0/s1. The fourth-order valence-corrected chi connectivity index (χ4v) is 4.40. The Morgan fingerprint density at radius 2 is 1.74 bits per heavy atom. The highest BCUT2D eigenvalue weighted by molar-refractivity contribution is 5.92. The van der Waals surface area contributed by atoms with E-state index in [1.165, 1.54) is 33.0 Å². The lowest BCUT2D eigenvalue weighted by Gasteiger charge is -2.38. The molecule has 2 aromatic carbocycles. The van der Waals surface area contributed by atoms with Crippen molar-refractivity contribution in [2.45, 2.75) is 57.9 Å². The number of methoxy groups -OCH3 is 1. The molecule has 12 nitrogen and oxygen atoms in total. The second-order valence-electron chi connectivity index (χ2n) is 10.4. The summed E-state index contributed by atoms with van der Waals surface area (Å²) in [6.07, 6.45) is -5.91. The highest BCUT2D eigenvalue weighted by atomic mass is 16.7. The van der Waals surface area contributed by atoms with Crippen molar-refractivity contribution in [2.24, 2.45) is 0 Å². The first-order valence-electron chi connectivity index (χ1n) is 13.2. The minimum absolute atomic E-state index is 0.00864. The van der Waals surface area contributed by atoms with E-state index in [0.29, 0.717) is 16.9 Å². The fraction of sp³-hybridized carbons (Fsp3) is 0.400. The number of phenols is 1. The molecule has 1 amide bonds. The summed E-state index contributed by atoms with van der Waals surface area (Å²) in [6.45, 7) is 5.23. The molecule has 4 rings (SSSR count). The van der Waals surface area contributed by atoms with Gasteiger partial charge in [0.2, 0.25) is 17.5 Å². The van der Waals surface area contributed by atoms with Crippen LogP contribution in [0.3, 0.4) is 0 Å². The first-order valence-corrected chi connectivity index (χ1v) is 13.2. The van der Waals surface area contributed by atoms with Crippen molar-refractivity contribution in [1.29, 1.82) is 0 Å². The number of hydrogen-bond acceptors (Lipinski definition) is 11. The third-order valence-electron chi connectivity index (χ3n) is 6.84. The number of phenolic OH excluding ortho intramolecular Hbond substituents is 1. The SMILES string of the molecule is COc1ccc(-c2oc3c(CC=C(C)C)c(OC(=O)N(C)C)cc(O)c3c(=O)c2O[C@@H]2O[C@@H](C)[C@H](O)[C@@H](O)[C@H]2O)cc1. The molecule has 42 heavy (non-hydrogen) atoms. The molecule has 1 saturated heterocycles. The Morgan fingerprint density at radius 3 is 2.33 bits per heavy atom. The lowest BCUT2D eigenvalue weighted by Crippen LogP contribution is -2.58. The summed E-state index contributed by atoms with van der Waals surface area (Å²) in [7, 11) is 4.50. The molecule has 3 aromatic rings. The van der Waals surface area contributed by atoms with Crippen LogP contribution in [-0.4, -0.2) is 83.3 Å². The number of carbonyl (C=O) groups is 1. The third kappa shape index (κ3) is 6.07. The number of fused-ring (bicyclic) bond motifs is 1. The average Bonchev–Trinajstić information content (AvgIpc) is 2.95. The first-order chi connectivity index (χ1) is 19.8. The van der Waals surface area contributed by atoms with Gasteiger partial charge in [-0.25, -0.2) is 4.79 Å². The van der Waals surface area contributed by atoms with Gasteiger partial charge in [-0.3, -0.25) is 4.79 Å². The predicted molar refractivity (Wildman–Crippen MR) is 152 cm³/mol. The summed E-state index contributed by atoms with van der Waals surface area (Å²) in [5.74, 6) is -0.532. The van der Waals surface area contributed by atoms with Crippen LogP contribution in [0.1, 0.15) is 26.3 Å². The van der Waals surface area contributed by atoms with Crippen LogP contribution in [0.15, 0.2) is 51.2 Å². The number of aliphatic hydroxyl groups is 3. The Kier molecular flexibility index (Phi) is 9.12. The van der Waals surface area contributed by atoms with Crippen molar-refractivity contribution in [3.8, 4) is 34.3 Å². The molecule has 0 radical (unpaired) electrons. The molecule has 0 spiro atoms. The molecule has 1 aliphatic heterocycles. The van der Waals surface area contributed by atoms with Gasteiger partial charge in [-0.05, 0) is 51.5 Å². The molecule has 12 heteroatoms. The highest BCUT2D eigenvalue weighted by Crippen LogP contribution is 2.41. The van der Waals surface area contributed by atoms with Gasteiger partial charge in [-0.1, -0.05) is 11.6 Å². The number of carbonyl (C=O) groups excluding carboxylic acids is 1. The monoisotopic (exact) mass is 585 g/mol. The van der Waals surface area contributed by atoms with Crippen molar-refractivity contribution in [3.05, 3.63) is 57.8 Å². The maximum absolute atomic E-state index is 14.1. The second-order valence-corrected chi connectivity index (χ2v) is 10.4. The highest BCUT2D eigenvalue weighted by Gasteiger charge is 2.44. The van der Waals surface area contributed by atoms with Crippen molar-refractivity contribution in [3.63, 3.8) is 0 Å². The zero-order valence-corrected chi connectivity index (χ0v) is 24.2. The van der Waals surface area contributed by atoms with E-state index in [9.17, 15) is 30.0 Å². The summed E-state index contributed by atoms with van der Waals surface area (Å²) >= 11 is 0. The Bertz CT molecular complexity index is 1540. The predicted octanol–water partition coefficient (Wildman–Crippen LogP) is 2.95. The van der Waals surface area contributed by atoms with E-state index in [0.717, 1.165) is 11.6 Å². The molecule has 1 aromatic heterocycles. The normalized spacial score (nSPS) is 22.0. The van der Waals surface area contributed by atoms with Gasteiger partial charge < -0.3 is 48.7 Å². The van der Waals surface area contributed by atoms with Crippen molar-refractivity contribution in [2.75, 3.05) is 21.2 Å². The summed E-state index contributed by atoms with van der Waals surface area (Å²) in [4.78, 5) is 27.7. The van der Waals surface area contributed by atoms with E-state index < -0.39 is 53.7 Å². The zero-order chi connectivity index (χ0) is 30.9. The Balaban J connectivity index is 2.00. The van der Waals surface area contributed by atoms with Gasteiger partial charge in [0.1, 0.15) is 46.5 Å². The number of nitrogens with zero attached hydrogens (tertiary/aromatic N) is 1. The molecule has 2 heterocycles. The Labute approximate surface area is 241 Å². The molecule has 5 atom stereocenters. The van der Waals surface area contributed by atoms with Crippen LogP contribution in [0, 0.1) is 0 Å². The smallest absolute Gasteiger partial charge is 0.414 e. The number of aliphatic hydroxyl groups excluding tert-OH is 3. The summed E-state index contributed by atoms with van der Waals surface area (Å²) < 4.78 is 28.5. The van der Waals surface area contributed by atoms with Crippen LogP contribution in [-0.2, 0) is 11.2 Å². The van der Waals surface area contributed by atoms with Gasteiger partial charge in [0.05, 0.1) is 13.2 Å². The maximum Gasteiger partial charge on any atom is 0.414 e. The fourth-order valence-electron chi connectivity index (χ4n) is 4.40. The Hall–Kier alpha value is -4.10. The minimum atomic E-state index is -1.72. The van der Waals surface area contributed by atoms with Crippen molar-refractivity contribution in [1.82, 2.24) is 4.90 Å². The van der Waals surface area contributed by atoms with Gasteiger partial charge in [-0.15, -0.1) is 0 Å². The number of aromatic hydroxyl groups is 1. The minimum Gasteiger partial charge on any atom is -0.507 e. The van der Waals surface area contributed by atoms with Gasteiger partial charge in [0.25, 0.3) is 0 Å². The number of amides is 1. The first kappa shape index (κ1) is 30.8. The topological polar surface area (TPSA) is 168 Å². The Morgan fingerprint density at radius 1 is 1.07 bits per heavy atom. The van der Waals surface area contributed by atoms with E-state index in [4.69, 9.17) is 23.4 Å². The quantitative estimate of drug-likeness (QED) is 0.301. The summed E-state index contributed by atoms with van der Waals surface area (Å²) in [5, 5.41) is 41.7. The van der Waals surface area contributed by atoms with Crippen molar-refractivity contribution < 1.29 is 48.6 Å². The van der Waals surface area contributed by atoms with Crippen LogP contribution in [0.25, 0.3) is 22.3 Å². The maximum atomic E-state index is 14.1. The molecule has 0 aliphatic carbocycles. The number of ether oxygens (including phenoxy) is 4. The molecular formula is C30H35NO11. The van der Waals surface area contributed by atoms with Gasteiger partial charge in [0, 0.05) is 31.3 Å². The summed E-state index contributed by atoms with van der Waals surface area (Å²) in [6, 6.07) is 7.64. The van der Waals surface area contributed by atoms with Crippen molar-refractivity contribution >= 4 is 17.1 Å². The molecule has 226 valence electrons. The van der Waals surface area contributed by atoms with E-state index in [-0.39, 0.29) is 28.9 Å². The van der Waals surface area contributed by atoms with E-state index in [2.05, 4.69) is 0 Å². The molecule has 0 unspecified atom stereocenters. The zero-order valence-electron chi connectivity index (χ0n) is 24.2. The lowest BCUT2D eigenvalue weighted by atomic mass is 10.00. The molecule has 0 bridgehead atoms. The number of benzene rings is 2. The number of hydrogen-bond donors (Lipinski definition) is 4. The molecule has 1 fully saturated rings. The van der Waals surface area contributed by atoms with Crippen LogP contribution in [0.4, 0.5) is 4.79 Å². The van der Waals surface area contributed by atoms with Crippen LogP contribution in [0.2, 0.25) is 0 Å².